The summed E-state index contributed by atoms with van der Waals surface area (Å²) in [5, 5.41) is 13.2. The Labute approximate surface area is 234 Å². The number of aromatic nitrogens is 3. The van der Waals surface area contributed by atoms with Crippen molar-refractivity contribution in [1.82, 2.24) is 20.3 Å². The van der Waals surface area contributed by atoms with Crippen molar-refractivity contribution in [3.8, 4) is 0 Å². The van der Waals surface area contributed by atoms with Crippen molar-refractivity contribution in [3.05, 3.63) is 64.7 Å². The summed E-state index contributed by atoms with van der Waals surface area (Å²) in [5.41, 5.74) is 8.08. The van der Waals surface area contributed by atoms with Crippen molar-refractivity contribution in [2.24, 2.45) is 5.73 Å². The maximum absolute atomic E-state index is 12.2. The van der Waals surface area contributed by atoms with Crippen molar-refractivity contribution in [2.75, 3.05) is 55.5 Å². The van der Waals surface area contributed by atoms with Crippen molar-refractivity contribution in [3.63, 3.8) is 0 Å². The first kappa shape index (κ1) is 30.0. The second-order valence-corrected chi connectivity index (χ2v) is 9.38. The molecule has 210 valence electrons. The summed E-state index contributed by atoms with van der Waals surface area (Å²) < 4.78 is 10.6. The Morgan fingerprint density at radius 3 is 2.21 bits per heavy atom. The number of nitrogens with one attached hydrogen (secondary N) is 4. The van der Waals surface area contributed by atoms with E-state index < -0.39 is 0 Å². The van der Waals surface area contributed by atoms with Gasteiger partial charge in [0.1, 0.15) is 0 Å². The Bertz CT molecular complexity index is 1150. The van der Waals surface area contributed by atoms with Gasteiger partial charge in [-0.15, -0.1) is 0 Å². The van der Waals surface area contributed by atoms with Crippen LogP contribution in [-0.4, -0.2) is 66.4 Å². The van der Waals surface area contributed by atoms with Crippen molar-refractivity contribution in [1.29, 1.82) is 0 Å². The molecule has 0 radical (unpaired) electrons. The largest absolute Gasteiger partial charge is 0.378 e. The lowest BCUT2D eigenvalue weighted by Crippen LogP contribution is -2.29. The Balaban J connectivity index is 1.51. The molecule has 1 amide bonds. The molecule has 0 saturated heterocycles. The third-order valence-corrected chi connectivity index (χ3v) is 5.45. The molecule has 0 atom stereocenters. The fourth-order valence-corrected chi connectivity index (χ4v) is 3.49. The number of carbonyl (C=O) groups is 1. The second kappa shape index (κ2) is 16.5. The number of hydrogen-bond donors (Lipinski definition) is 5. The molecule has 3 aromatic rings. The Morgan fingerprint density at radius 2 is 1.51 bits per heavy atom. The maximum Gasteiger partial charge on any atom is 0.233 e. The Hall–Kier alpha value is -3.51. The number of nitrogens with zero attached hydrogens (tertiary/aromatic N) is 3. The summed E-state index contributed by atoms with van der Waals surface area (Å²) in [6, 6.07) is 15.3. The van der Waals surface area contributed by atoms with Gasteiger partial charge in [-0.1, -0.05) is 35.9 Å². The highest BCUT2D eigenvalue weighted by atomic mass is 35.5. The number of nitrogens with two attached hydrogens (primary N) is 1. The summed E-state index contributed by atoms with van der Waals surface area (Å²) in [4.78, 5) is 25.7. The number of anilines is 4. The van der Waals surface area contributed by atoms with Crippen molar-refractivity contribution >= 4 is 41.0 Å². The monoisotopic (exact) mass is 556 g/mol. The molecule has 0 bridgehead atoms. The van der Waals surface area contributed by atoms with E-state index in [4.69, 9.17) is 26.8 Å². The highest BCUT2D eigenvalue weighted by Gasteiger charge is 2.09. The van der Waals surface area contributed by atoms with Crippen LogP contribution in [0.2, 0.25) is 5.02 Å². The zero-order chi connectivity index (χ0) is 27.9. The molecule has 0 aliphatic heterocycles. The predicted octanol–water partition coefficient (Wildman–Crippen LogP) is 3.35. The fourth-order valence-electron chi connectivity index (χ4n) is 3.37. The zero-order valence-corrected chi connectivity index (χ0v) is 23.1. The van der Waals surface area contributed by atoms with Gasteiger partial charge in [-0.2, -0.15) is 15.0 Å². The van der Waals surface area contributed by atoms with E-state index in [2.05, 4.69) is 36.2 Å². The van der Waals surface area contributed by atoms with Crippen LogP contribution in [0.5, 0.6) is 0 Å². The molecule has 1 heterocycles. The first-order valence-corrected chi connectivity index (χ1v) is 13.3. The van der Waals surface area contributed by atoms with E-state index in [-0.39, 0.29) is 18.4 Å². The summed E-state index contributed by atoms with van der Waals surface area (Å²) >= 11 is 5.98. The molecular weight excluding hydrogens is 520 g/mol. The molecule has 6 N–H and O–H groups in total. The van der Waals surface area contributed by atoms with E-state index in [0.29, 0.717) is 68.9 Å². The first-order valence-electron chi connectivity index (χ1n) is 12.9. The van der Waals surface area contributed by atoms with Gasteiger partial charge in [0.25, 0.3) is 0 Å². The molecule has 39 heavy (non-hydrogen) atoms. The van der Waals surface area contributed by atoms with Crippen LogP contribution in [0, 0.1) is 0 Å². The van der Waals surface area contributed by atoms with Crippen molar-refractivity contribution in [2.45, 2.75) is 32.9 Å². The van der Waals surface area contributed by atoms with Crippen LogP contribution >= 0.6 is 11.6 Å². The lowest BCUT2D eigenvalue weighted by atomic mass is 10.1. The molecule has 12 heteroatoms. The van der Waals surface area contributed by atoms with Gasteiger partial charge in [0.15, 0.2) is 0 Å². The fraction of sp³-hybridized carbons (Fsp3) is 0.407. The number of amides is 1. The van der Waals surface area contributed by atoms with E-state index in [1.54, 1.807) is 0 Å². The van der Waals surface area contributed by atoms with Crippen LogP contribution in [0.4, 0.5) is 23.5 Å². The van der Waals surface area contributed by atoms with Crippen LogP contribution in [0.1, 0.15) is 25.0 Å². The number of carbonyl (C=O) groups excluding carboxylic acids is 1. The Morgan fingerprint density at radius 1 is 0.872 bits per heavy atom. The van der Waals surface area contributed by atoms with Gasteiger partial charge in [-0.3, -0.25) is 4.79 Å². The van der Waals surface area contributed by atoms with Gasteiger partial charge in [-0.05, 0) is 49.2 Å². The molecule has 3 rings (SSSR count). The van der Waals surface area contributed by atoms with Gasteiger partial charge < -0.3 is 36.5 Å². The van der Waals surface area contributed by atoms with Crippen molar-refractivity contribution < 1.29 is 14.3 Å². The maximum atomic E-state index is 12.2. The van der Waals surface area contributed by atoms with Gasteiger partial charge in [0.2, 0.25) is 23.8 Å². The number of ether oxygens (including phenoxy) is 2. The van der Waals surface area contributed by atoms with E-state index in [1.165, 1.54) is 0 Å². The lowest BCUT2D eigenvalue weighted by molar-refractivity contribution is -0.120. The molecule has 0 saturated carbocycles. The summed E-state index contributed by atoms with van der Waals surface area (Å²) in [5.74, 6) is 1.22. The molecule has 1 aromatic heterocycles. The van der Waals surface area contributed by atoms with E-state index >= 15 is 0 Å². The van der Waals surface area contributed by atoms with Gasteiger partial charge >= 0.3 is 0 Å². The second-order valence-electron chi connectivity index (χ2n) is 8.95. The lowest BCUT2D eigenvalue weighted by Gasteiger charge is -2.13. The minimum Gasteiger partial charge on any atom is -0.378 e. The summed E-state index contributed by atoms with van der Waals surface area (Å²) in [6.45, 7) is 7.40. The Kier molecular flexibility index (Phi) is 12.7. The third-order valence-electron chi connectivity index (χ3n) is 5.19. The van der Waals surface area contributed by atoms with Gasteiger partial charge in [0.05, 0.1) is 32.8 Å². The number of rotatable bonds is 17. The number of halogens is 1. The normalized spacial score (nSPS) is 10.9. The molecule has 2 aromatic carbocycles. The first-order chi connectivity index (χ1) is 18.9. The van der Waals surface area contributed by atoms with Crippen LogP contribution < -0.4 is 27.0 Å². The summed E-state index contributed by atoms with van der Waals surface area (Å²) in [7, 11) is 0. The predicted molar refractivity (Wildman–Crippen MR) is 154 cm³/mol. The van der Waals surface area contributed by atoms with Gasteiger partial charge in [0, 0.05) is 36.4 Å². The SMILES string of the molecule is CC(C)Nc1nc(NCc2ccc(Cl)cc2)nc(Nc2ccc(CC(=O)NCCOCCOCCN)cc2)n1. The minimum absolute atomic E-state index is 0.0723. The highest BCUT2D eigenvalue weighted by molar-refractivity contribution is 6.30. The van der Waals surface area contributed by atoms with E-state index in [9.17, 15) is 4.79 Å². The van der Waals surface area contributed by atoms with Crippen LogP contribution in [0.25, 0.3) is 0 Å². The minimum atomic E-state index is -0.0723. The van der Waals surface area contributed by atoms with E-state index in [1.807, 2.05) is 62.4 Å². The molecule has 0 fully saturated rings. The molecule has 0 aliphatic carbocycles. The molecule has 0 unspecified atom stereocenters. The number of benzene rings is 2. The van der Waals surface area contributed by atoms with E-state index in [0.717, 1.165) is 16.8 Å². The topological polar surface area (TPSA) is 148 Å². The average molecular weight is 557 g/mol. The van der Waals surface area contributed by atoms with Crippen LogP contribution in [0.3, 0.4) is 0 Å². The molecule has 11 nitrogen and oxygen atoms in total. The molecule has 0 aliphatic rings. The van der Waals surface area contributed by atoms with Gasteiger partial charge in [-0.25, -0.2) is 0 Å². The quantitative estimate of drug-likeness (QED) is 0.157. The molecule has 0 spiro atoms. The average Bonchev–Trinajstić information content (AvgIpc) is 2.90. The standard InChI is InChI=1S/C27H37ClN8O3/c1-19(2)32-26-34-25(31-18-21-3-7-22(28)8-4-21)35-27(36-26)33-23-9-5-20(6-10-23)17-24(37)30-12-14-39-16-15-38-13-11-29/h3-10,19H,11-18,29H2,1-2H3,(H,30,37)(H3,31,32,33,34,35,36). The zero-order valence-electron chi connectivity index (χ0n) is 22.4. The van der Waals surface area contributed by atoms with Crippen LogP contribution in [0.15, 0.2) is 48.5 Å². The third kappa shape index (κ3) is 11.8. The van der Waals surface area contributed by atoms with Crippen LogP contribution in [-0.2, 0) is 27.2 Å². The summed E-state index contributed by atoms with van der Waals surface area (Å²) in [6.07, 6.45) is 0.271. The number of hydrogen-bond acceptors (Lipinski definition) is 10. The highest BCUT2D eigenvalue weighted by Crippen LogP contribution is 2.18. The smallest absolute Gasteiger partial charge is 0.233 e. The molecular formula is C27H37ClN8O3.